The summed E-state index contributed by atoms with van der Waals surface area (Å²) in [5, 5.41) is 9.69. The van der Waals surface area contributed by atoms with Crippen molar-refractivity contribution in [1.29, 1.82) is 0 Å². The average Bonchev–Trinajstić information content (AvgIpc) is 2.69. The van der Waals surface area contributed by atoms with Crippen molar-refractivity contribution in [3.8, 4) is 11.5 Å². The van der Waals surface area contributed by atoms with Crippen LogP contribution in [0.5, 0.6) is 11.5 Å². The van der Waals surface area contributed by atoms with Gasteiger partial charge >= 0.3 is 5.97 Å². The lowest BCUT2D eigenvalue weighted by Gasteiger charge is -2.08. The molecule has 0 spiro atoms. The molecule has 0 fully saturated rings. The second-order valence-corrected chi connectivity index (χ2v) is 4.45. The molecular formula is C12H11BrO5. The van der Waals surface area contributed by atoms with Gasteiger partial charge in [-0.05, 0) is 22.9 Å². The van der Waals surface area contributed by atoms with Gasteiger partial charge in [0.05, 0.1) is 19.6 Å². The standard InChI is InChI=1S/C12H11BrO5/c1-5-8-6(16-2)4-7(17-3)9(13)11(8)18-10(5)12(14)15/h4H,1-3H3,(H,14,15). The summed E-state index contributed by atoms with van der Waals surface area (Å²) in [5.41, 5.74) is 0.929. The Morgan fingerprint density at radius 3 is 2.44 bits per heavy atom. The number of aryl methyl sites for hydroxylation is 1. The highest BCUT2D eigenvalue weighted by atomic mass is 79.9. The van der Waals surface area contributed by atoms with Gasteiger partial charge in [-0.25, -0.2) is 4.79 Å². The number of ether oxygens (including phenoxy) is 2. The molecule has 0 aliphatic rings. The molecule has 0 saturated heterocycles. The number of rotatable bonds is 3. The van der Waals surface area contributed by atoms with Crippen LogP contribution in [0.1, 0.15) is 16.1 Å². The number of carboxylic acid groups (broad SMARTS) is 1. The summed E-state index contributed by atoms with van der Waals surface area (Å²) in [5.74, 6) is -0.183. The second-order valence-electron chi connectivity index (χ2n) is 3.66. The van der Waals surface area contributed by atoms with E-state index in [4.69, 9.17) is 19.0 Å². The molecule has 0 amide bonds. The predicted octanol–water partition coefficient (Wildman–Crippen LogP) is 3.22. The van der Waals surface area contributed by atoms with E-state index in [-0.39, 0.29) is 5.76 Å². The zero-order valence-electron chi connectivity index (χ0n) is 10.0. The van der Waals surface area contributed by atoms with Crippen molar-refractivity contribution in [2.24, 2.45) is 0 Å². The summed E-state index contributed by atoms with van der Waals surface area (Å²) in [6, 6.07) is 1.68. The second kappa shape index (κ2) is 4.53. The third-order valence-electron chi connectivity index (χ3n) is 2.71. The zero-order chi connectivity index (χ0) is 13.4. The summed E-state index contributed by atoms with van der Waals surface area (Å²) >= 11 is 3.33. The van der Waals surface area contributed by atoms with Crippen molar-refractivity contribution in [2.45, 2.75) is 6.92 Å². The van der Waals surface area contributed by atoms with Crippen LogP contribution in [0.3, 0.4) is 0 Å². The molecule has 0 aliphatic heterocycles. The van der Waals surface area contributed by atoms with Crippen LogP contribution in [0.25, 0.3) is 11.0 Å². The number of aromatic carboxylic acids is 1. The molecule has 5 nitrogen and oxygen atoms in total. The third-order valence-corrected chi connectivity index (χ3v) is 3.46. The number of carboxylic acids is 1. The summed E-state index contributed by atoms with van der Waals surface area (Å²) in [4.78, 5) is 11.1. The molecule has 0 saturated carbocycles. The Hall–Kier alpha value is -1.69. The van der Waals surface area contributed by atoms with Gasteiger partial charge in [-0.3, -0.25) is 0 Å². The minimum Gasteiger partial charge on any atom is -0.496 e. The van der Waals surface area contributed by atoms with E-state index >= 15 is 0 Å². The van der Waals surface area contributed by atoms with Gasteiger partial charge < -0.3 is 19.0 Å². The normalized spacial score (nSPS) is 10.7. The molecule has 1 aromatic heterocycles. The maximum absolute atomic E-state index is 11.1. The number of hydrogen-bond donors (Lipinski definition) is 1. The quantitative estimate of drug-likeness (QED) is 0.942. The first kappa shape index (κ1) is 12.8. The topological polar surface area (TPSA) is 68.9 Å². The first-order valence-corrected chi connectivity index (χ1v) is 5.87. The molecular weight excluding hydrogens is 304 g/mol. The zero-order valence-corrected chi connectivity index (χ0v) is 11.6. The Morgan fingerprint density at radius 1 is 1.33 bits per heavy atom. The van der Waals surface area contributed by atoms with Gasteiger partial charge in [0.2, 0.25) is 5.76 Å². The summed E-state index contributed by atoms with van der Waals surface area (Å²) in [6.45, 7) is 1.68. The summed E-state index contributed by atoms with van der Waals surface area (Å²) in [6.07, 6.45) is 0. The van der Waals surface area contributed by atoms with E-state index in [1.54, 1.807) is 13.0 Å². The first-order valence-electron chi connectivity index (χ1n) is 5.08. The molecule has 18 heavy (non-hydrogen) atoms. The van der Waals surface area contributed by atoms with E-state index in [1.165, 1.54) is 14.2 Å². The van der Waals surface area contributed by atoms with Gasteiger partial charge in [0.15, 0.2) is 5.58 Å². The molecule has 0 bridgehead atoms. The van der Waals surface area contributed by atoms with Gasteiger partial charge in [0.25, 0.3) is 0 Å². The molecule has 2 aromatic rings. The van der Waals surface area contributed by atoms with Gasteiger partial charge in [0, 0.05) is 11.6 Å². The Bertz CT molecular complexity index is 629. The number of fused-ring (bicyclic) bond motifs is 1. The molecule has 2 rings (SSSR count). The fraction of sp³-hybridized carbons (Fsp3) is 0.250. The number of carbonyl (C=O) groups is 1. The smallest absolute Gasteiger partial charge is 0.372 e. The van der Waals surface area contributed by atoms with Crippen LogP contribution in [0.15, 0.2) is 15.0 Å². The monoisotopic (exact) mass is 314 g/mol. The Labute approximate surface area is 111 Å². The lowest BCUT2D eigenvalue weighted by atomic mass is 10.1. The molecule has 0 aliphatic carbocycles. The third kappa shape index (κ3) is 1.73. The molecule has 1 aromatic carbocycles. The number of halogens is 1. The number of hydrogen-bond acceptors (Lipinski definition) is 4. The molecule has 0 atom stereocenters. The highest BCUT2D eigenvalue weighted by Crippen LogP contribution is 2.43. The number of furan rings is 1. The van der Waals surface area contributed by atoms with Crippen LogP contribution in [0.4, 0.5) is 0 Å². The van der Waals surface area contributed by atoms with Crippen LogP contribution >= 0.6 is 15.9 Å². The molecule has 0 unspecified atom stereocenters. The maximum atomic E-state index is 11.1. The number of benzene rings is 1. The van der Waals surface area contributed by atoms with Gasteiger partial charge in [-0.15, -0.1) is 0 Å². The fourth-order valence-corrected chi connectivity index (χ4v) is 2.40. The Kier molecular flexibility index (Phi) is 3.21. The minimum absolute atomic E-state index is 0.0998. The van der Waals surface area contributed by atoms with Crippen LogP contribution < -0.4 is 9.47 Å². The van der Waals surface area contributed by atoms with E-state index in [0.717, 1.165) is 0 Å². The molecule has 1 heterocycles. The van der Waals surface area contributed by atoms with Crippen LogP contribution in [-0.2, 0) is 0 Å². The van der Waals surface area contributed by atoms with E-state index in [2.05, 4.69) is 15.9 Å². The molecule has 6 heteroatoms. The van der Waals surface area contributed by atoms with Crippen LogP contribution in [0, 0.1) is 6.92 Å². The lowest BCUT2D eigenvalue weighted by molar-refractivity contribution is 0.0664. The summed E-state index contributed by atoms with van der Waals surface area (Å²) < 4.78 is 16.4. The highest BCUT2D eigenvalue weighted by molar-refractivity contribution is 9.10. The fourth-order valence-electron chi connectivity index (χ4n) is 1.84. The van der Waals surface area contributed by atoms with Crippen molar-refractivity contribution in [3.05, 3.63) is 21.9 Å². The van der Waals surface area contributed by atoms with E-state index in [1.807, 2.05) is 0 Å². The van der Waals surface area contributed by atoms with Crippen molar-refractivity contribution >= 4 is 32.9 Å². The highest BCUT2D eigenvalue weighted by Gasteiger charge is 2.23. The van der Waals surface area contributed by atoms with Crippen molar-refractivity contribution in [1.82, 2.24) is 0 Å². The molecule has 0 radical (unpaired) electrons. The molecule has 96 valence electrons. The summed E-state index contributed by atoms with van der Waals surface area (Å²) in [7, 11) is 3.02. The van der Waals surface area contributed by atoms with Crippen molar-refractivity contribution in [3.63, 3.8) is 0 Å². The van der Waals surface area contributed by atoms with Crippen LogP contribution in [0.2, 0.25) is 0 Å². The largest absolute Gasteiger partial charge is 0.496 e. The molecule has 1 N–H and O–H groups in total. The van der Waals surface area contributed by atoms with Crippen LogP contribution in [-0.4, -0.2) is 25.3 Å². The SMILES string of the molecule is COc1cc(OC)c2c(C)c(C(=O)O)oc2c1Br. The van der Waals surface area contributed by atoms with Gasteiger partial charge in [-0.2, -0.15) is 0 Å². The predicted molar refractivity (Wildman–Crippen MR) is 68.7 cm³/mol. The minimum atomic E-state index is -1.11. The Balaban J connectivity index is 2.91. The van der Waals surface area contributed by atoms with Crippen molar-refractivity contribution in [2.75, 3.05) is 14.2 Å². The maximum Gasteiger partial charge on any atom is 0.372 e. The van der Waals surface area contributed by atoms with E-state index in [0.29, 0.717) is 32.5 Å². The van der Waals surface area contributed by atoms with Gasteiger partial charge in [0.1, 0.15) is 16.0 Å². The average molecular weight is 315 g/mol. The number of methoxy groups -OCH3 is 2. The lowest BCUT2D eigenvalue weighted by Crippen LogP contribution is -1.95. The van der Waals surface area contributed by atoms with E-state index < -0.39 is 5.97 Å². The first-order chi connectivity index (χ1) is 8.51. The van der Waals surface area contributed by atoms with Gasteiger partial charge in [-0.1, -0.05) is 0 Å². The Morgan fingerprint density at radius 2 is 1.94 bits per heavy atom. The van der Waals surface area contributed by atoms with Crippen molar-refractivity contribution < 1.29 is 23.8 Å². The van der Waals surface area contributed by atoms with E-state index in [9.17, 15) is 4.79 Å².